The average molecular weight is 369 g/mol. The smallest absolute Gasteiger partial charge is 0.243 e. The van der Waals surface area contributed by atoms with Gasteiger partial charge in [-0.05, 0) is 30.3 Å². The number of ether oxygens (including phenoxy) is 1. The number of nitrogens with one attached hydrogen (secondary N) is 1. The van der Waals surface area contributed by atoms with Crippen LogP contribution in [-0.2, 0) is 14.8 Å². The Morgan fingerprint density at radius 3 is 2.71 bits per heavy atom. The number of pyridine rings is 1. The molecule has 1 fully saturated rings. The first kappa shape index (κ1) is 17.0. The van der Waals surface area contributed by atoms with E-state index in [0.717, 1.165) is 0 Å². The van der Waals surface area contributed by atoms with Crippen LogP contribution in [0.1, 0.15) is 0 Å². The Bertz CT molecular complexity index is 838. The molecule has 2 aromatic rings. The Morgan fingerprint density at radius 1 is 1.25 bits per heavy atom. The van der Waals surface area contributed by atoms with Gasteiger partial charge in [-0.3, -0.25) is 0 Å². The third-order valence-electron chi connectivity index (χ3n) is 3.64. The number of morpholine rings is 1. The van der Waals surface area contributed by atoms with E-state index in [1.807, 2.05) is 0 Å². The van der Waals surface area contributed by atoms with Crippen LogP contribution in [0.25, 0.3) is 0 Å². The van der Waals surface area contributed by atoms with Crippen molar-refractivity contribution in [1.82, 2.24) is 9.29 Å². The number of benzene rings is 1. The van der Waals surface area contributed by atoms with E-state index in [0.29, 0.717) is 48.5 Å². The van der Waals surface area contributed by atoms with Crippen LogP contribution in [0.5, 0.6) is 0 Å². The third kappa shape index (κ3) is 3.46. The lowest BCUT2D eigenvalue weighted by atomic mass is 10.3. The van der Waals surface area contributed by atoms with Gasteiger partial charge in [0, 0.05) is 19.3 Å². The standard InChI is InChI=1S/C15H17ClN4O3S/c16-12-4-3-11(24(21,22)20-6-8-23-9-7-20)10-14(12)19-15-13(17)2-1-5-18-15/h1-5,10H,6-9,17H2,(H,18,19). The molecule has 24 heavy (non-hydrogen) atoms. The lowest BCUT2D eigenvalue weighted by Gasteiger charge is -2.26. The Morgan fingerprint density at radius 2 is 2.00 bits per heavy atom. The Balaban J connectivity index is 1.92. The van der Waals surface area contributed by atoms with Gasteiger partial charge < -0.3 is 15.8 Å². The number of rotatable bonds is 4. The van der Waals surface area contributed by atoms with Gasteiger partial charge in [0.2, 0.25) is 10.0 Å². The fraction of sp³-hybridized carbons (Fsp3) is 0.267. The van der Waals surface area contributed by atoms with Gasteiger partial charge in [-0.25, -0.2) is 13.4 Å². The van der Waals surface area contributed by atoms with Gasteiger partial charge in [-0.15, -0.1) is 0 Å². The van der Waals surface area contributed by atoms with E-state index in [4.69, 9.17) is 22.1 Å². The number of nitrogens with zero attached hydrogens (tertiary/aromatic N) is 2. The summed E-state index contributed by atoms with van der Waals surface area (Å²) in [5, 5.41) is 3.36. The minimum Gasteiger partial charge on any atom is -0.396 e. The summed E-state index contributed by atoms with van der Waals surface area (Å²) in [6, 6.07) is 7.91. The average Bonchev–Trinajstić information content (AvgIpc) is 2.59. The molecule has 1 aliphatic heterocycles. The number of sulfonamides is 1. The van der Waals surface area contributed by atoms with Gasteiger partial charge in [0.05, 0.1) is 34.5 Å². The highest BCUT2D eigenvalue weighted by Gasteiger charge is 2.26. The number of nitrogens with two attached hydrogens (primary N) is 1. The number of anilines is 3. The monoisotopic (exact) mass is 368 g/mol. The van der Waals surface area contributed by atoms with E-state index in [-0.39, 0.29) is 4.90 Å². The molecule has 0 atom stereocenters. The molecule has 0 saturated carbocycles. The van der Waals surface area contributed by atoms with E-state index >= 15 is 0 Å². The maximum Gasteiger partial charge on any atom is 0.243 e. The zero-order chi connectivity index (χ0) is 17.2. The maximum atomic E-state index is 12.7. The van der Waals surface area contributed by atoms with Crippen molar-refractivity contribution in [2.24, 2.45) is 0 Å². The fourth-order valence-electron chi connectivity index (χ4n) is 2.35. The van der Waals surface area contributed by atoms with E-state index < -0.39 is 10.0 Å². The van der Waals surface area contributed by atoms with Crippen LogP contribution in [0.2, 0.25) is 5.02 Å². The number of aromatic nitrogens is 1. The fourth-order valence-corrected chi connectivity index (χ4v) is 3.95. The summed E-state index contributed by atoms with van der Waals surface area (Å²) in [6.45, 7) is 1.45. The Labute approximate surface area is 145 Å². The van der Waals surface area contributed by atoms with Gasteiger partial charge in [-0.2, -0.15) is 4.31 Å². The second-order valence-corrected chi connectivity index (χ2v) is 7.57. The highest BCUT2D eigenvalue weighted by molar-refractivity contribution is 7.89. The van der Waals surface area contributed by atoms with Crippen LogP contribution in [0.3, 0.4) is 0 Å². The van der Waals surface area contributed by atoms with Crippen molar-refractivity contribution < 1.29 is 13.2 Å². The highest BCUT2D eigenvalue weighted by atomic mass is 35.5. The molecule has 2 heterocycles. The van der Waals surface area contributed by atoms with Gasteiger partial charge in [0.25, 0.3) is 0 Å². The van der Waals surface area contributed by atoms with E-state index in [2.05, 4.69) is 10.3 Å². The summed E-state index contributed by atoms with van der Waals surface area (Å²) >= 11 is 6.17. The predicted molar refractivity (Wildman–Crippen MR) is 93.0 cm³/mol. The van der Waals surface area contributed by atoms with Crippen molar-refractivity contribution in [2.45, 2.75) is 4.90 Å². The molecular formula is C15H17ClN4O3S. The lowest BCUT2D eigenvalue weighted by Crippen LogP contribution is -2.40. The minimum atomic E-state index is -3.60. The summed E-state index contributed by atoms with van der Waals surface area (Å²) < 4.78 is 32.1. The second kappa shape index (κ2) is 6.94. The molecule has 0 aliphatic carbocycles. The van der Waals surface area contributed by atoms with Gasteiger partial charge in [0.1, 0.15) is 0 Å². The molecule has 1 aromatic carbocycles. The Hall–Kier alpha value is -1.87. The largest absolute Gasteiger partial charge is 0.396 e. The molecule has 3 N–H and O–H groups in total. The minimum absolute atomic E-state index is 0.158. The quantitative estimate of drug-likeness (QED) is 0.857. The first-order valence-electron chi connectivity index (χ1n) is 7.33. The molecular weight excluding hydrogens is 352 g/mol. The van der Waals surface area contributed by atoms with Crippen LogP contribution in [0.15, 0.2) is 41.4 Å². The van der Waals surface area contributed by atoms with Crippen molar-refractivity contribution in [1.29, 1.82) is 0 Å². The van der Waals surface area contributed by atoms with Crippen LogP contribution >= 0.6 is 11.6 Å². The van der Waals surface area contributed by atoms with Crippen LogP contribution in [0.4, 0.5) is 17.2 Å². The van der Waals surface area contributed by atoms with Crippen molar-refractivity contribution >= 4 is 38.8 Å². The molecule has 0 unspecified atom stereocenters. The second-order valence-electron chi connectivity index (χ2n) is 5.22. The summed E-state index contributed by atoms with van der Waals surface area (Å²) in [4.78, 5) is 4.28. The van der Waals surface area contributed by atoms with Gasteiger partial charge >= 0.3 is 0 Å². The van der Waals surface area contributed by atoms with E-state index in [1.54, 1.807) is 18.3 Å². The first-order valence-corrected chi connectivity index (χ1v) is 9.15. The van der Waals surface area contributed by atoms with E-state index in [9.17, 15) is 8.42 Å². The summed E-state index contributed by atoms with van der Waals surface area (Å²) in [7, 11) is -3.60. The summed E-state index contributed by atoms with van der Waals surface area (Å²) in [5.41, 5.74) is 6.72. The molecule has 1 aromatic heterocycles. The molecule has 0 amide bonds. The zero-order valence-corrected chi connectivity index (χ0v) is 14.3. The SMILES string of the molecule is Nc1cccnc1Nc1cc(S(=O)(=O)N2CCOCC2)ccc1Cl. The molecule has 9 heteroatoms. The molecule has 0 spiro atoms. The summed E-state index contributed by atoms with van der Waals surface area (Å²) in [5.74, 6) is 0.417. The van der Waals surface area contributed by atoms with Crippen molar-refractivity contribution in [2.75, 3.05) is 37.4 Å². The molecule has 3 rings (SSSR count). The third-order valence-corrected chi connectivity index (χ3v) is 5.86. The molecule has 0 radical (unpaired) electrons. The molecule has 1 saturated heterocycles. The topological polar surface area (TPSA) is 97.5 Å². The van der Waals surface area contributed by atoms with Crippen molar-refractivity contribution in [3.63, 3.8) is 0 Å². The first-order chi connectivity index (χ1) is 11.5. The molecule has 0 bridgehead atoms. The predicted octanol–water partition coefficient (Wildman–Crippen LogP) is 2.08. The molecule has 7 nitrogen and oxygen atoms in total. The summed E-state index contributed by atoms with van der Waals surface area (Å²) in [6.07, 6.45) is 1.58. The van der Waals surface area contributed by atoms with E-state index in [1.165, 1.54) is 22.5 Å². The van der Waals surface area contributed by atoms with Crippen LogP contribution in [-0.4, -0.2) is 44.0 Å². The van der Waals surface area contributed by atoms with Crippen molar-refractivity contribution in [3.05, 3.63) is 41.6 Å². The highest BCUT2D eigenvalue weighted by Crippen LogP contribution is 2.30. The maximum absolute atomic E-state index is 12.7. The van der Waals surface area contributed by atoms with Gasteiger partial charge in [-0.1, -0.05) is 11.6 Å². The number of hydrogen-bond donors (Lipinski definition) is 2. The molecule has 1 aliphatic rings. The van der Waals surface area contributed by atoms with Crippen LogP contribution < -0.4 is 11.1 Å². The molecule has 128 valence electrons. The van der Waals surface area contributed by atoms with Crippen molar-refractivity contribution in [3.8, 4) is 0 Å². The lowest BCUT2D eigenvalue weighted by molar-refractivity contribution is 0.0730. The zero-order valence-electron chi connectivity index (χ0n) is 12.8. The van der Waals surface area contributed by atoms with Crippen LogP contribution in [0, 0.1) is 0 Å². The number of nitrogen functional groups attached to an aromatic ring is 1. The normalized spacial score (nSPS) is 16.0. The number of halogens is 1. The number of hydrogen-bond acceptors (Lipinski definition) is 6. The van der Waals surface area contributed by atoms with Gasteiger partial charge in [0.15, 0.2) is 5.82 Å². The Kier molecular flexibility index (Phi) is 4.91.